The highest BCUT2D eigenvalue weighted by Crippen LogP contribution is 2.47. The summed E-state index contributed by atoms with van der Waals surface area (Å²) in [6.07, 6.45) is 1.53. The Hall–Kier alpha value is -1.71. The molecule has 2 aromatic carbocycles. The molecule has 0 aliphatic carbocycles. The Balaban J connectivity index is 1.63. The Morgan fingerprint density at radius 2 is 1.61 bits per heavy atom. The van der Waals surface area contributed by atoms with Crippen molar-refractivity contribution >= 4 is 11.6 Å². The van der Waals surface area contributed by atoms with E-state index in [1.807, 2.05) is 36.4 Å². The number of ether oxygens (including phenoxy) is 3. The summed E-state index contributed by atoms with van der Waals surface area (Å²) in [5.41, 5.74) is 2.26. The zero-order chi connectivity index (χ0) is 15.9. The van der Waals surface area contributed by atoms with Crippen LogP contribution in [-0.2, 0) is 4.74 Å². The Morgan fingerprint density at radius 3 is 2.39 bits per heavy atom. The van der Waals surface area contributed by atoms with Gasteiger partial charge in [-0.15, -0.1) is 11.6 Å². The lowest BCUT2D eigenvalue weighted by Gasteiger charge is -2.39. The van der Waals surface area contributed by atoms with E-state index >= 15 is 0 Å². The molecule has 4 heteroatoms. The van der Waals surface area contributed by atoms with E-state index < -0.39 is 0 Å². The summed E-state index contributed by atoms with van der Waals surface area (Å²) in [6.45, 7) is 2.37. The van der Waals surface area contributed by atoms with Gasteiger partial charge < -0.3 is 14.2 Å². The molecule has 120 valence electrons. The normalized spacial score (nSPS) is 29.5. The van der Waals surface area contributed by atoms with Gasteiger partial charge in [-0.2, -0.15) is 0 Å². The van der Waals surface area contributed by atoms with Gasteiger partial charge in [-0.25, -0.2) is 0 Å². The molecule has 1 saturated heterocycles. The minimum absolute atomic E-state index is 0.00266. The van der Waals surface area contributed by atoms with Crippen molar-refractivity contribution in [2.75, 3.05) is 6.79 Å². The van der Waals surface area contributed by atoms with Crippen molar-refractivity contribution in [1.29, 1.82) is 0 Å². The zero-order valence-corrected chi connectivity index (χ0v) is 13.8. The van der Waals surface area contributed by atoms with E-state index in [2.05, 4.69) is 19.1 Å². The molecule has 2 aromatic rings. The zero-order valence-electron chi connectivity index (χ0n) is 13.0. The van der Waals surface area contributed by atoms with Gasteiger partial charge in [-0.3, -0.25) is 0 Å². The molecule has 0 N–H and O–H groups in total. The van der Waals surface area contributed by atoms with Crippen LogP contribution in [0.2, 0.25) is 0 Å². The summed E-state index contributed by atoms with van der Waals surface area (Å²) in [6, 6.07) is 16.3. The summed E-state index contributed by atoms with van der Waals surface area (Å²) >= 11 is 6.74. The molecule has 0 amide bonds. The molecule has 2 aliphatic heterocycles. The summed E-state index contributed by atoms with van der Waals surface area (Å²) in [5, 5.41) is 0. The first-order valence-corrected chi connectivity index (χ1v) is 8.27. The highest BCUT2D eigenvalue weighted by atomic mass is 35.5. The van der Waals surface area contributed by atoms with Gasteiger partial charge in [-0.05, 0) is 43.0 Å². The van der Waals surface area contributed by atoms with Crippen molar-refractivity contribution in [3.63, 3.8) is 0 Å². The monoisotopic (exact) mass is 330 g/mol. The average Bonchev–Trinajstić information content (AvgIpc) is 3.02. The molecule has 0 aromatic heterocycles. The first kappa shape index (κ1) is 14.9. The van der Waals surface area contributed by atoms with E-state index in [1.54, 1.807) is 0 Å². The first-order chi connectivity index (χ1) is 11.1. The van der Waals surface area contributed by atoms with Gasteiger partial charge in [0.1, 0.15) is 0 Å². The molecule has 1 fully saturated rings. The van der Waals surface area contributed by atoms with Gasteiger partial charge in [0.2, 0.25) is 6.79 Å². The third kappa shape index (κ3) is 3.04. The van der Waals surface area contributed by atoms with Crippen LogP contribution in [-0.4, -0.2) is 11.7 Å². The molecule has 23 heavy (non-hydrogen) atoms. The molecular formula is C19H19ClO3. The fourth-order valence-electron chi connectivity index (χ4n) is 3.32. The smallest absolute Gasteiger partial charge is 0.231 e. The molecular weight excluding hydrogens is 312 g/mol. The highest BCUT2D eigenvalue weighted by Gasteiger charge is 2.38. The van der Waals surface area contributed by atoms with Crippen molar-refractivity contribution in [3.8, 4) is 11.5 Å². The molecule has 3 unspecified atom stereocenters. The van der Waals surface area contributed by atoms with Crippen molar-refractivity contribution in [1.82, 2.24) is 0 Å². The fourth-order valence-corrected chi connectivity index (χ4v) is 3.61. The van der Waals surface area contributed by atoms with E-state index in [0.717, 1.165) is 29.9 Å². The standard InChI is InChI=1S/C19H19ClO3/c1-19(20)10-17(13-5-3-2-4-6-13)23-18(11-19)14-7-8-15-16(9-14)22-12-21-15/h2-9,17-18H,10-12H2,1H3. The second-order valence-electron chi connectivity index (χ2n) is 6.46. The predicted octanol–water partition coefficient (Wildman–Crippen LogP) is 5.01. The van der Waals surface area contributed by atoms with Crippen LogP contribution in [0.5, 0.6) is 11.5 Å². The van der Waals surface area contributed by atoms with Gasteiger partial charge in [0, 0.05) is 4.87 Å². The maximum Gasteiger partial charge on any atom is 0.231 e. The number of benzene rings is 2. The van der Waals surface area contributed by atoms with E-state index in [-0.39, 0.29) is 23.9 Å². The number of hydrogen-bond acceptors (Lipinski definition) is 3. The number of alkyl halides is 1. The van der Waals surface area contributed by atoms with Crippen molar-refractivity contribution in [2.24, 2.45) is 0 Å². The van der Waals surface area contributed by atoms with Crippen LogP contribution in [0.3, 0.4) is 0 Å². The van der Waals surface area contributed by atoms with Crippen molar-refractivity contribution < 1.29 is 14.2 Å². The Kier molecular flexibility index (Phi) is 3.70. The molecule has 2 aliphatic rings. The first-order valence-electron chi connectivity index (χ1n) is 7.90. The third-order valence-electron chi connectivity index (χ3n) is 4.49. The summed E-state index contributed by atoms with van der Waals surface area (Å²) < 4.78 is 17.2. The molecule has 3 atom stereocenters. The largest absolute Gasteiger partial charge is 0.454 e. The number of hydrogen-bond donors (Lipinski definition) is 0. The molecule has 3 nitrogen and oxygen atoms in total. The van der Waals surface area contributed by atoms with Crippen LogP contribution in [0.25, 0.3) is 0 Å². The minimum Gasteiger partial charge on any atom is -0.454 e. The fraction of sp³-hybridized carbons (Fsp3) is 0.368. The van der Waals surface area contributed by atoms with Crippen LogP contribution in [0.4, 0.5) is 0 Å². The van der Waals surface area contributed by atoms with Crippen LogP contribution in [0.1, 0.15) is 43.1 Å². The second-order valence-corrected chi connectivity index (χ2v) is 7.37. The second kappa shape index (κ2) is 5.73. The van der Waals surface area contributed by atoms with Gasteiger partial charge in [0.25, 0.3) is 0 Å². The van der Waals surface area contributed by atoms with Crippen LogP contribution in [0, 0.1) is 0 Å². The van der Waals surface area contributed by atoms with E-state index in [9.17, 15) is 0 Å². The van der Waals surface area contributed by atoms with Gasteiger partial charge in [0.15, 0.2) is 11.5 Å². The summed E-state index contributed by atoms with van der Waals surface area (Å²) in [4.78, 5) is -0.292. The summed E-state index contributed by atoms with van der Waals surface area (Å²) in [7, 11) is 0. The Morgan fingerprint density at radius 1 is 0.913 bits per heavy atom. The molecule has 4 rings (SSSR count). The Bertz CT molecular complexity index is 699. The predicted molar refractivity (Wildman–Crippen MR) is 89.1 cm³/mol. The lowest BCUT2D eigenvalue weighted by molar-refractivity contribution is -0.0659. The SMILES string of the molecule is CC1(Cl)CC(c2ccccc2)OC(c2ccc3c(c2)OCO3)C1. The lowest BCUT2D eigenvalue weighted by Crippen LogP contribution is -2.31. The maximum atomic E-state index is 6.74. The number of rotatable bonds is 2. The summed E-state index contributed by atoms with van der Waals surface area (Å²) in [5.74, 6) is 1.57. The van der Waals surface area contributed by atoms with Crippen molar-refractivity contribution in [3.05, 3.63) is 59.7 Å². The quantitative estimate of drug-likeness (QED) is 0.725. The molecule has 2 heterocycles. The van der Waals surface area contributed by atoms with Crippen LogP contribution >= 0.6 is 11.6 Å². The average molecular weight is 331 g/mol. The minimum atomic E-state index is -0.292. The molecule has 0 spiro atoms. The third-order valence-corrected chi connectivity index (χ3v) is 4.80. The van der Waals surface area contributed by atoms with Crippen molar-refractivity contribution in [2.45, 2.75) is 36.8 Å². The van der Waals surface area contributed by atoms with E-state index in [1.165, 1.54) is 5.56 Å². The molecule has 0 saturated carbocycles. The van der Waals surface area contributed by atoms with Gasteiger partial charge in [-0.1, -0.05) is 36.4 Å². The number of halogens is 1. The van der Waals surface area contributed by atoms with Gasteiger partial charge >= 0.3 is 0 Å². The topological polar surface area (TPSA) is 27.7 Å². The van der Waals surface area contributed by atoms with E-state index in [4.69, 9.17) is 25.8 Å². The molecule has 0 bridgehead atoms. The number of fused-ring (bicyclic) bond motifs is 1. The maximum absolute atomic E-state index is 6.74. The van der Waals surface area contributed by atoms with Crippen LogP contribution < -0.4 is 9.47 Å². The van der Waals surface area contributed by atoms with Crippen LogP contribution in [0.15, 0.2) is 48.5 Å². The lowest BCUT2D eigenvalue weighted by atomic mass is 9.87. The van der Waals surface area contributed by atoms with Gasteiger partial charge in [0.05, 0.1) is 12.2 Å². The Labute approximate surface area is 141 Å². The highest BCUT2D eigenvalue weighted by molar-refractivity contribution is 6.23. The van der Waals surface area contributed by atoms with E-state index in [0.29, 0.717) is 0 Å². The molecule has 0 radical (unpaired) electrons.